The van der Waals surface area contributed by atoms with Gasteiger partial charge in [0.2, 0.25) is 0 Å². The number of hydrogen-bond acceptors (Lipinski definition) is 1. The first kappa shape index (κ1) is 11.5. The highest BCUT2D eigenvalue weighted by Gasteiger charge is 2.59. The highest BCUT2D eigenvalue weighted by molar-refractivity contribution is 14.1. The summed E-state index contributed by atoms with van der Waals surface area (Å²) in [6.07, 6.45) is 1.01. The second kappa shape index (κ2) is 3.51. The van der Waals surface area contributed by atoms with E-state index in [9.17, 15) is 5.11 Å². The molecular formula is C8H15I2NO. The molecule has 0 radical (unpaired) electrons. The molecule has 72 valence electrons. The fraction of sp³-hybridized carbons (Fsp3) is 1.00. The maximum absolute atomic E-state index is 9.85. The Kier molecular flexibility index (Phi) is 3.35. The van der Waals surface area contributed by atoms with Crippen molar-refractivity contribution in [3.05, 3.63) is 0 Å². The highest BCUT2D eigenvalue weighted by Crippen LogP contribution is 2.41. The fourth-order valence-electron chi connectivity index (χ4n) is 2.43. The second-order valence-electron chi connectivity index (χ2n) is 4.33. The van der Waals surface area contributed by atoms with Gasteiger partial charge in [-0.15, -0.1) is 0 Å². The van der Waals surface area contributed by atoms with Gasteiger partial charge in [-0.1, -0.05) is 22.6 Å². The lowest BCUT2D eigenvalue weighted by Gasteiger charge is -2.18. The first-order valence-electron chi connectivity index (χ1n) is 4.22. The van der Waals surface area contributed by atoms with E-state index >= 15 is 0 Å². The van der Waals surface area contributed by atoms with E-state index in [0.29, 0.717) is 0 Å². The Morgan fingerprint density at radius 1 is 1.58 bits per heavy atom. The number of quaternary nitrogens is 1. The Morgan fingerprint density at radius 2 is 2.17 bits per heavy atom. The van der Waals surface area contributed by atoms with Crippen molar-refractivity contribution in [3.63, 3.8) is 0 Å². The molecule has 2 atom stereocenters. The molecule has 1 spiro atoms. The van der Waals surface area contributed by atoms with Crippen molar-refractivity contribution in [2.45, 2.75) is 25.0 Å². The van der Waals surface area contributed by atoms with Gasteiger partial charge in [-0.25, -0.2) is 0 Å². The lowest BCUT2D eigenvalue weighted by atomic mass is 10.0. The zero-order chi connectivity index (χ0) is 8.11. The van der Waals surface area contributed by atoms with Crippen LogP contribution in [0.1, 0.15) is 13.3 Å². The van der Waals surface area contributed by atoms with Crippen molar-refractivity contribution in [2.24, 2.45) is 0 Å². The van der Waals surface area contributed by atoms with Crippen molar-refractivity contribution in [2.75, 3.05) is 24.1 Å². The second-order valence-corrected chi connectivity index (χ2v) is 5.21. The Labute approximate surface area is 104 Å². The lowest BCUT2D eigenvalue weighted by Crippen LogP contribution is -3.00. The Morgan fingerprint density at radius 3 is 2.50 bits per heavy atom. The summed E-state index contributed by atoms with van der Waals surface area (Å²) in [7, 11) is 0. The van der Waals surface area contributed by atoms with Gasteiger partial charge < -0.3 is 33.6 Å². The van der Waals surface area contributed by atoms with Gasteiger partial charge in [-0.05, 0) is 6.92 Å². The first-order chi connectivity index (χ1) is 5.08. The van der Waals surface area contributed by atoms with E-state index in [1.165, 1.54) is 22.0 Å². The summed E-state index contributed by atoms with van der Waals surface area (Å²) >= 11 is 2.44. The number of halogens is 2. The molecule has 2 nitrogen and oxygen atoms in total. The minimum Gasteiger partial charge on any atom is -1.00 e. The van der Waals surface area contributed by atoms with Crippen molar-refractivity contribution in [3.8, 4) is 0 Å². The molecule has 1 N–H and O–H groups in total. The topological polar surface area (TPSA) is 20.2 Å². The van der Waals surface area contributed by atoms with Crippen LogP contribution in [0.4, 0.5) is 0 Å². The average Bonchev–Trinajstić information content (AvgIpc) is 2.57. The van der Waals surface area contributed by atoms with E-state index in [1.807, 2.05) is 6.92 Å². The van der Waals surface area contributed by atoms with Crippen LogP contribution in [-0.4, -0.2) is 45.3 Å². The molecule has 4 heteroatoms. The molecule has 0 saturated carbocycles. The third-order valence-electron chi connectivity index (χ3n) is 3.08. The number of alkyl halides is 1. The molecule has 2 unspecified atom stereocenters. The summed E-state index contributed by atoms with van der Waals surface area (Å²) in [4.78, 5) is 0. The molecule has 12 heavy (non-hydrogen) atoms. The zero-order valence-corrected chi connectivity index (χ0v) is 11.6. The van der Waals surface area contributed by atoms with Crippen molar-refractivity contribution in [1.82, 2.24) is 0 Å². The number of hydrogen-bond donors (Lipinski definition) is 1. The van der Waals surface area contributed by atoms with Crippen LogP contribution in [0.2, 0.25) is 0 Å². The largest absolute Gasteiger partial charge is 1.00 e. The van der Waals surface area contributed by atoms with Gasteiger partial charge >= 0.3 is 0 Å². The average molecular weight is 395 g/mol. The van der Waals surface area contributed by atoms with Crippen LogP contribution < -0.4 is 24.0 Å². The standard InChI is InChI=1S/C8H15INO.HI/c1-8(11)4-7(5-9)10(6-8)2-3-10;/h7,11H,2-6H2,1H3;1H/q+1;/p-1. The molecule has 2 aliphatic heterocycles. The highest BCUT2D eigenvalue weighted by atomic mass is 127. The molecule has 2 aliphatic rings. The molecule has 0 bridgehead atoms. The van der Waals surface area contributed by atoms with Crippen LogP contribution in [0, 0.1) is 0 Å². The van der Waals surface area contributed by atoms with Crippen molar-refractivity contribution < 1.29 is 33.6 Å². The van der Waals surface area contributed by atoms with E-state index < -0.39 is 0 Å². The van der Waals surface area contributed by atoms with Crippen LogP contribution in [0.3, 0.4) is 0 Å². The SMILES string of the molecule is CC1(O)CC(CI)[N+]2(CC2)C1.[I-]. The molecule has 2 heterocycles. The molecule has 2 fully saturated rings. The van der Waals surface area contributed by atoms with Gasteiger partial charge in [0, 0.05) is 6.42 Å². The van der Waals surface area contributed by atoms with Crippen LogP contribution >= 0.6 is 22.6 Å². The van der Waals surface area contributed by atoms with Gasteiger partial charge in [0.25, 0.3) is 0 Å². The van der Waals surface area contributed by atoms with Gasteiger partial charge in [-0.2, -0.15) is 0 Å². The molecule has 0 aromatic rings. The van der Waals surface area contributed by atoms with Crippen LogP contribution in [0.25, 0.3) is 0 Å². The first-order valence-corrected chi connectivity index (χ1v) is 5.75. The molecule has 0 aromatic heterocycles. The van der Waals surface area contributed by atoms with Crippen molar-refractivity contribution in [1.29, 1.82) is 0 Å². The minimum atomic E-state index is -0.369. The Balaban J connectivity index is 0.000000720. The maximum Gasteiger partial charge on any atom is 0.129 e. The van der Waals surface area contributed by atoms with E-state index in [1.54, 1.807) is 0 Å². The molecule has 2 rings (SSSR count). The van der Waals surface area contributed by atoms with Gasteiger partial charge in [0.1, 0.15) is 31.3 Å². The van der Waals surface area contributed by atoms with E-state index in [2.05, 4.69) is 22.6 Å². The molecule has 2 saturated heterocycles. The third kappa shape index (κ3) is 1.90. The van der Waals surface area contributed by atoms with Crippen LogP contribution in [0.5, 0.6) is 0 Å². The minimum absolute atomic E-state index is 0. The summed E-state index contributed by atoms with van der Waals surface area (Å²) in [5, 5.41) is 9.85. The number of nitrogens with zero attached hydrogens (tertiary/aromatic N) is 1. The molecule has 0 aromatic carbocycles. The monoisotopic (exact) mass is 395 g/mol. The molecule has 0 aliphatic carbocycles. The van der Waals surface area contributed by atoms with E-state index in [4.69, 9.17) is 0 Å². The molecule has 0 amide bonds. The normalized spacial score (nSPS) is 42.8. The number of aliphatic hydroxyl groups is 1. The quantitative estimate of drug-likeness (QED) is 0.231. The Bertz CT molecular complexity index is 180. The van der Waals surface area contributed by atoms with Crippen LogP contribution in [-0.2, 0) is 0 Å². The summed E-state index contributed by atoms with van der Waals surface area (Å²) in [6.45, 7) is 5.60. The predicted molar refractivity (Wildman–Crippen MR) is 52.8 cm³/mol. The summed E-state index contributed by atoms with van der Waals surface area (Å²) < 4.78 is 2.42. The Hall–Kier alpha value is 1.38. The van der Waals surface area contributed by atoms with Gasteiger partial charge in [0.05, 0.1) is 4.43 Å². The number of rotatable bonds is 1. The van der Waals surface area contributed by atoms with Crippen molar-refractivity contribution >= 4 is 22.6 Å². The van der Waals surface area contributed by atoms with E-state index in [-0.39, 0.29) is 29.6 Å². The predicted octanol–water partition coefficient (Wildman–Crippen LogP) is -2.22. The van der Waals surface area contributed by atoms with Gasteiger partial charge in [0.15, 0.2) is 0 Å². The maximum atomic E-state index is 9.85. The zero-order valence-electron chi connectivity index (χ0n) is 7.26. The summed E-state index contributed by atoms with van der Waals surface area (Å²) in [5.74, 6) is 0. The molecular weight excluding hydrogens is 380 g/mol. The van der Waals surface area contributed by atoms with Gasteiger partial charge in [-0.3, -0.25) is 0 Å². The smallest absolute Gasteiger partial charge is 0.129 e. The summed E-state index contributed by atoms with van der Waals surface area (Å²) in [5.41, 5.74) is -0.369. The third-order valence-corrected chi connectivity index (χ3v) is 4.10. The van der Waals surface area contributed by atoms with E-state index in [0.717, 1.165) is 19.0 Å². The lowest BCUT2D eigenvalue weighted by molar-refractivity contribution is -0.812. The summed E-state index contributed by atoms with van der Waals surface area (Å²) in [6, 6.07) is 0.741. The van der Waals surface area contributed by atoms with Crippen LogP contribution in [0.15, 0.2) is 0 Å². The fourth-order valence-corrected chi connectivity index (χ4v) is 3.57.